The van der Waals surface area contributed by atoms with Crippen molar-refractivity contribution in [3.05, 3.63) is 0 Å². The second-order valence-electron chi connectivity index (χ2n) is 7.40. The van der Waals surface area contributed by atoms with Crippen molar-refractivity contribution >= 4 is 0 Å². The molecular weight excluding hydrogens is 286 g/mol. The van der Waals surface area contributed by atoms with Crippen molar-refractivity contribution in [3.63, 3.8) is 0 Å². The highest BCUT2D eigenvalue weighted by Gasteiger charge is 2.22. The first kappa shape index (κ1) is 19.2. The van der Waals surface area contributed by atoms with E-state index in [1.54, 1.807) is 0 Å². The van der Waals surface area contributed by atoms with Gasteiger partial charge in [0.25, 0.3) is 0 Å². The lowest BCUT2D eigenvalue weighted by molar-refractivity contribution is 0.0372. The molecule has 2 fully saturated rings. The van der Waals surface area contributed by atoms with Gasteiger partial charge in [-0.3, -0.25) is 4.90 Å². The molecule has 0 spiro atoms. The Bertz CT molecular complexity index is 276. The minimum Gasteiger partial charge on any atom is -0.379 e. The summed E-state index contributed by atoms with van der Waals surface area (Å²) >= 11 is 0. The molecule has 1 aliphatic heterocycles. The summed E-state index contributed by atoms with van der Waals surface area (Å²) in [4.78, 5) is 2.54. The van der Waals surface area contributed by atoms with Crippen LogP contribution >= 0.6 is 0 Å². The van der Waals surface area contributed by atoms with Crippen LogP contribution in [-0.2, 0) is 4.74 Å². The third-order valence-electron chi connectivity index (χ3n) is 5.60. The number of unbranched alkanes of at least 4 members (excludes halogenated alkanes) is 2. The largest absolute Gasteiger partial charge is 0.379 e. The van der Waals surface area contributed by atoms with Crippen molar-refractivity contribution in [2.75, 3.05) is 45.9 Å². The maximum Gasteiger partial charge on any atom is 0.0594 e. The van der Waals surface area contributed by atoms with E-state index in [1.807, 2.05) is 0 Å². The van der Waals surface area contributed by atoms with Crippen molar-refractivity contribution in [2.45, 2.75) is 70.3 Å². The third-order valence-corrected chi connectivity index (χ3v) is 5.60. The smallest absolute Gasteiger partial charge is 0.0594 e. The lowest BCUT2D eigenvalue weighted by Gasteiger charge is -2.32. The van der Waals surface area contributed by atoms with Crippen LogP contribution in [0.3, 0.4) is 0 Å². The van der Waals surface area contributed by atoms with Crippen molar-refractivity contribution in [3.8, 4) is 0 Å². The lowest BCUT2D eigenvalue weighted by Crippen LogP contribution is -2.40. The van der Waals surface area contributed by atoms with Gasteiger partial charge in [0.05, 0.1) is 13.2 Å². The third kappa shape index (κ3) is 7.97. The first-order valence-corrected chi connectivity index (χ1v) is 10.1. The molecule has 1 saturated heterocycles. The average Bonchev–Trinajstić information content (AvgIpc) is 2.62. The SMILES string of the molecule is NCCCCCC(NCCCN1CCOCC1)C1CCCCC1. The highest BCUT2D eigenvalue weighted by atomic mass is 16.5. The van der Waals surface area contributed by atoms with Gasteiger partial charge in [0.15, 0.2) is 0 Å². The molecule has 23 heavy (non-hydrogen) atoms. The van der Waals surface area contributed by atoms with Gasteiger partial charge in [-0.1, -0.05) is 32.1 Å². The summed E-state index contributed by atoms with van der Waals surface area (Å²) < 4.78 is 5.42. The van der Waals surface area contributed by atoms with Crippen molar-refractivity contribution < 1.29 is 4.74 Å². The molecule has 3 N–H and O–H groups in total. The molecule has 1 unspecified atom stereocenters. The fourth-order valence-electron chi connectivity index (χ4n) is 4.14. The predicted molar refractivity (Wildman–Crippen MR) is 97.8 cm³/mol. The molecule has 4 nitrogen and oxygen atoms in total. The maximum absolute atomic E-state index is 5.63. The second-order valence-corrected chi connectivity index (χ2v) is 7.40. The Morgan fingerprint density at radius 2 is 1.78 bits per heavy atom. The summed E-state index contributed by atoms with van der Waals surface area (Å²) in [5.74, 6) is 0.921. The molecule has 1 heterocycles. The summed E-state index contributed by atoms with van der Waals surface area (Å²) in [5.41, 5.74) is 5.63. The van der Waals surface area contributed by atoms with Crippen LogP contribution in [0.4, 0.5) is 0 Å². The van der Waals surface area contributed by atoms with Crippen LogP contribution in [0.15, 0.2) is 0 Å². The number of nitrogens with zero attached hydrogens (tertiary/aromatic N) is 1. The molecule has 4 heteroatoms. The summed E-state index contributed by atoms with van der Waals surface area (Å²) in [7, 11) is 0. The second kappa shape index (κ2) is 12.2. The molecule has 0 radical (unpaired) electrons. The van der Waals surface area contributed by atoms with Crippen molar-refractivity contribution in [2.24, 2.45) is 11.7 Å². The summed E-state index contributed by atoms with van der Waals surface area (Å²) in [6, 6.07) is 0.748. The summed E-state index contributed by atoms with van der Waals surface area (Å²) in [6.45, 7) is 7.31. The molecule has 1 saturated carbocycles. The van der Waals surface area contributed by atoms with Gasteiger partial charge in [0.1, 0.15) is 0 Å². The quantitative estimate of drug-likeness (QED) is 0.574. The normalized spacial score (nSPS) is 22.3. The fraction of sp³-hybridized carbons (Fsp3) is 1.00. The zero-order chi connectivity index (χ0) is 16.2. The minimum atomic E-state index is 0.748. The molecule has 0 aromatic carbocycles. The predicted octanol–water partition coefficient (Wildman–Crippen LogP) is 2.77. The Morgan fingerprint density at radius 3 is 2.52 bits per heavy atom. The zero-order valence-corrected chi connectivity index (χ0v) is 15.1. The minimum absolute atomic E-state index is 0.748. The molecule has 0 bridgehead atoms. The van der Waals surface area contributed by atoms with Crippen LogP contribution in [0.2, 0.25) is 0 Å². The number of hydrogen-bond donors (Lipinski definition) is 2. The van der Waals surface area contributed by atoms with E-state index in [1.165, 1.54) is 77.3 Å². The Morgan fingerprint density at radius 1 is 1.00 bits per heavy atom. The van der Waals surface area contributed by atoms with Gasteiger partial charge in [0, 0.05) is 19.1 Å². The number of nitrogens with two attached hydrogens (primary N) is 1. The number of morpholine rings is 1. The molecule has 0 aromatic rings. The van der Waals surface area contributed by atoms with Crippen LogP contribution in [-0.4, -0.2) is 56.9 Å². The van der Waals surface area contributed by atoms with Gasteiger partial charge in [-0.05, 0) is 57.7 Å². The summed E-state index contributed by atoms with van der Waals surface area (Å²) in [5, 5.41) is 3.92. The van der Waals surface area contributed by atoms with Crippen LogP contribution in [0, 0.1) is 5.92 Å². The molecule has 0 aromatic heterocycles. The molecule has 2 aliphatic rings. The van der Waals surface area contributed by atoms with Gasteiger partial charge >= 0.3 is 0 Å². The first-order chi connectivity index (χ1) is 11.4. The van der Waals surface area contributed by atoms with E-state index in [0.717, 1.165) is 44.8 Å². The van der Waals surface area contributed by atoms with Gasteiger partial charge in [0.2, 0.25) is 0 Å². The van der Waals surface area contributed by atoms with Crippen LogP contribution in [0.1, 0.15) is 64.2 Å². The highest BCUT2D eigenvalue weighted by Crippen LogP contribution is 2.28. The molecule has 1 atom stereocenters. The van der Waals surface area contributed by atoms with E-state index in [9.17, 15) is 0 Å². The average molecular weight is 326 g/mol. The Balaban J connectivity index is 1.63. The van der Waals surface area contributed by atoms with Gasteiger partial charge in [-0.2, -0.15) is 0 Å². The number of hydrogen-bond acceptors (Lipinski definition) is 4. The molecule has 1 aliphatic carbocycles. The van der Waals surface area contributed by atoms with E-state index < -0.39 is 0 Å². The monoisotopic (exact) mass is 325 g/mol. The highest BCUT2D eigenvalue weighted by molar-refractivity contribution is 4.79. The van der Waals surface area contributed by atoms with Crippen LogP contribution in [0.25, 0.3) is 0 Å². The number of rotatable bonds is 11. The first-order valence-electron chi connectivity index (χ1n) is 10.1. The topological polar surface area (TPSA) is 50.5 Å². The maximum atomic E-state index is 5.63. The molecule has 136 valence electrons. The van der Waals surface area contributed by atoms with Gasteiger partial charge in [-0.15, -0.1) is 0 Å². The molecule has 2 rings (SSSR count). The van der Waals surface area contributed by atoms with Gasteiger partial charge in [-0.25, -0.2) is 0 Å². The van der Waals surface area contributed by atoms with E-state index >= 15 is 0 Å². The summed E-state index contributed by atoms with van der Waals surface area (Å²) in [6.07, 6.45) is 13.7. The van der Waals surface area contributed by atoms with Gasteiger partial charge < -0.3 is 15.8 Å². The van der Waals surface area contributed by atoms with Crippen LogP contribution in [0.5, 0.6) is 0 Å². The van der Waals surface area contributed by atoms with E-state index in [2.05, 4.69) is 10.2 Å². The van der Waals surface area contributed by atoms with E-state index in [0.29, 0.717) is 0 Å². The van der Waals surface area contributed by atoms with E-state index in [-0.39, 0.29) is 0 Å². The Hall–Kier alpha value is -0.160. The Kier molecular flexibility index (Phi) is 10.2. The molecular formula is C19H39N3O. The molecule has 0 amide bonds. The number of ether oxygens (including phenoxy) is 1. The van der Waals surface area contributed by atoms with Crippen LogP contribution < -0.4 is 11.1 Å². The van der Waals surface area contributed by atoms with Crippen molar-refractivity contribution in [1.82, 2.24) is 10.2 Å². The number of nitrogens with one attached hydrogen (secondary N) is 1. The zero-order valence-electron chi connectivity index (χ0n) is 15.1. The van der Waals surface area contributed by atoms with Crippen molar-refractivity contribution in [1.29, 1.82) is 0 Å². The van der Waals surface area contributed by atoms with E-state index in [4.69, 9.17) is 10.5 Å². The fourth-order valence-corrected chi connectivity index (χ4v) is 4.14. The standard InChI is InChI=1S/C19H39N3O/c20-11-6-2-5-10-19(18-8-3-1-4-9-18)21-12-7-13-22-14-16-23-17-15-22/h18-19,21H,1-17,20H2. The lowest BCUT2D eigenvalue weighted by atomic mass is 9.82. The Labute approximate surface area is 143 Å².